The number of ether oxygens (including phenoxy) is 1. The fraction of sp³-hybridized carbons (Fsp3) is 0.562. The first kappa shape index (κ1) is 19.3. The normalized spacial score (nSPS) is 12.8. The second-order valence-corrected chi connectivity index (χ2v) is 7.70. The number of rotatable bonds is 8. The van der Waals surface area contributed by atoms with Crippen molar-refractivity contribution in [2.45, 2.75) is 33.7 Å². The molecule has 0 spiro atoms. The van der Waals surface area contributed by atoms with E-state index in [1.165, 1.54) is 0 Å². The van der Waals surface area contributed by atoms with E-state index in [1.807, 2.05) is 27.7 Å². The van der Waals surface area contributed by atoms with Gasteiger partial charge in [0.2, 0.25) is 15.9 Å². The third-order valence-corrected chi connectivity index (χ3v) is 4.65. The van der Waals surface area contributed by atoms with Crippen molar-refractivity contribution in [1.82, 2.24) is 5.32 Å². The smallest absolute Gasteiger partial charge is 0.240 e. The van der Waals surface area contributed by atoms with E-state index in [-0.39, 0.29) is 24.4 Å². The van der Waals surface area contributed by atoms with Crippen LogP contribution in [-0.2, 0) is 14.8 Å². The van der Waals surface area contributed by atoms with Crippen LogP contribution in [0.25, 0.3) is 0 Å². The number of hydrogen-bond acceptors (Lipinski definition) is 4. The summed E-state index contributed by atoms with van der Waals surface area (Å²) < 4.78 is 30.5. The molecular formula is C16H26N2O4S. The Hall–Kier alpha value is -1.76. The van der Waals surface area contributed by atoms with Crippen LogP contribution in [0, 0.1) is 5.92 Å². The molecule has 0 aliphatic carbocycles. The standard InChI is InChI=1S/C16H26N2O4S/c1-6-22-15-9-7-14(8-10-15)18(23(5,20)21)11-16(19)17-13(4)12(2)3/h7-10,12-13H,6,11H2,1-5H3,(H,17,19)/t13-/m1/s1. The van der Waals surface area contributed by atoms with Crippen molar-refractivity contribution in [2.75, 3.05) is 23.7 Å². The highest BCUT2D eigenvalue weighted by Crippen LogP contribution is 2.21. The van der Waals surface area contributed by atoms with Crippen LogP contribution in [0.5, 0.6) is 5.75 Å². The minimum Gasteiger partial charge on any atom is -0.494 e. The predicted molar refractivity (Wildman–Crippen MR) is 92.2 cm³/mol. The molecule has 0 aliphatic rings. The third kappa shape index (κ3) is 6.09. The van der Waals surface area contributed by atoms with E-state index in [1.54, 1.807) is 24.3 Å². The average molecular weight is 342 g/mol. The number of benzene rings is 1. The zero-order valence-electron chi connectivity index (χ0n) is 14.4. The summed E-state index contributed by atoms with van der Waals surface area (Å²) in [5.74, 6) is 0.601. The molecule has 1 aromatic rings. The fourth-order valence-corrected chi connectivity index (χ4v) is 2.73. The Morgan fingerprint density at radius 2 is 1.78 bits per heavy atom. The number of sulfonamides is 1. The van der Waals surface area contributed by atoms with Crippen LogP contribution >= 0.6 is 0 Å². The number of nitrogens with zero attached hydrogens (tertiary/aromatic N) is 1. The highest BCUT2D eigenvalue weighted by molar-refractivity contribution is 7.92. The molecule has 6 nitrogen and oxygen atoms in total. The average Bonchev–Trinajstić information content (AvgIpc) is 2.45. The van der Waals surface area contributed by atoms with Crippen LogP contribution < -0.4 is 14.4 Å². The molecule has 130 valence electrons. The monoisotopic (exact) mass is 342 g/mol. The van der Waals surface area contributed by atoms with Crippen LogP contribution in [-0.4, -0.2) is 39.8 Å². The highest BCUT2D eigenvalue weighted by Gasteiger charge is 2.22. The second kappa shape index (κ2) is 8.19. The number of amides is 1. The van der Waals surface area contributed by atoms with Crippen LogP contribution in [0.1, 0.15) is 27.7 Å². The van der Waals surface area contributed by atoms with Crippen molar-refractivity contribution in [3.63, 3.8) is 0 Å². The molecule has 1 aromatic carbocycles. The Bertz CT molecular complexity index is 611. The first-order valence-corrected chi connectivity index (χ1v) is 9.50. The molecule has 0 unspecified atom stereocenters. The van der Waals surface area contributed by atoms with Gasteiger partial charge >= 0.3 is 0 Å². The van der Waals surface area contributed by atoms with E-state index in [9.17, 15) is 13.2 Å². The SMILES string of the molecule is CCOc1ccc(N(CC(=O)N[C@H](C)C(C)C)S(C)(=O)=O)cc1. The molecule has 23 heavy (non-hydrogen) atoms. The second-order valence-electron chi connectivity index (χ2n) is 5.80. The van der Waals surface area contributed by atoms with Crippen molar-refractivity contribution in [3.8, 4) is 5.75 Å². The van der Waals surface area contributed by atoms with Gasteiger partial charge in [0.25, 0.3) is 0 Å². The van der Waals surface area contributed by atoms with Gasteiger partial charge in [0.1, 0.15) is 12.3 Å². The Morgan fingerprint density at radius 1 is 1.22 bits per heavy atom. The summed E-state index contributed by atoms with van der Waals surface area (Å²) in [5.41, 5.74) is 0.434. The molecule has 1 N–H and O–H groups in total. The number of hydrogen-bond donors (Lipinski definition) is 1. The Morgan fingerprint density at radius 3 is 2.22 bits per heavy atom. The molecule has 0 fully saturated rings. The molecule has 0 heterocycles. The summed E-state index contributed by atoms with van der Waals surface area (Å²) in [6, 6.07) is 6.61. The lowest BCUT2D eigenvalue weighted by Gasteiger charge is -2.24. The van der Waals surface area contributed by atoms with Crippen molar-refractivity contribution in [3.05, 3.63) is 24.3 Å². The van der Waals surface area contributed by atoms with Crippen molar-refractivity contribution in [1.29, 1.82) is 0 Å². The first-order chi connectivity index (χ1) is 10.6. The fourth-order valence-electron chi connectivity index (χ4n) is 1.87. The van der Waals surface area contributed by atoms with Crippen LogP contribution in [0.3, 0.4) is 0 Å². The van der Waals surface area contributed by atoms with Crippen molar-refractivity contribution >= 4 is 21.6 Å². The Kier molecular flexibility index (Phi) is 6.87. The van der Waals surface area contributed by atoms with Gasteiger partial charge in [-0.3, -0.25) is 9.10 Å². The maximum absolute atomic E-state index is 12.1. The maximum Gasteiger partial charge on any atom is 0.240 e. The number of carbonyl (C=O) groups is 1. The molecule has 1 amide bonds. The molecule has 1 rings (SSSR count). The minimum absolute atomic E-state index is 0.0239. The first-order valence-electron chi connectivity index (χ1n) is 7.65. The van der Waals surface area contributed by atoms with Crippen LogP contribution in [0.2, 0.25) is 0 Å². The quantitative estimate of drug-likeness (QED) is 0.784. The summed E-state index contributed by atoms with van der Waals surface area (Å²) >= 11 is 0. The van der Waals surface area contributed by atoms with Gasteiger partial charge in [-0.25, -0.2) is 8.42 Å². The summed E-state index contributed by atoms with van der Waals surface area (Å²) in [5, 5.41) is 2.81. The van der Waals surface area contributed by atoms with Gasteiger partial charge in [-0.2, -0.15) is 0 Å². The molecular weight excluding hydrogens is 316 g/mol. The lowest BCUT2D eigenvalue weighted by Crippen LogP contribution is -2.44. The number of anilines is 1. The number of nitrogens with one attached hydrogen (secondary N) is 1. The van der Waals surface area contributed by atoms with Crippen LogP contribution in [0.4, 0.5) is 5.69 Å². The summed E-state index contributed by atoms with van der Waals surface area (Å²) in [4.78, 5) is 12.1. The van der Waals surface area contributed by atoms with Gasteiger partial charge in [0.15, 0.2) is 0 Å². The topological polar surface area (TPSA) is 75.7 Å². The molecule has 1 atom stereocenters. The van der Waals surface area contributed by atoms with E-state index in [2.05, 4.69) is 5.32 Å². The van der Waals surface area contributed by atoms with Gasteiger partial charge in [0.05, 0.1) is 18.6 Å². The molecule has 0 bridgehead atoms. The summed E-state index contributed by atoms with van der Waals surface area (Å²) in [7, 11) is -3.56. The van der Waals surface area contributed by atoms with Gasteiger partial charge in [-0.05, 0) is 44.0 Å². The largest absolute Gasteiger partial charge is 0.494 e. The summed E-state index contributed by atoms with van der Waals surface area (Å²) in [6.07, 6.45) is 1.09. The van der Waals surface area contributed by atoms with Crippen molar-refractivity contribution < 1.29 is 17.9 Å². The van der Waals surface area contributed by atoms with Gasteiger partial charge in [0, 0.05) is 6.04 Å². The minimum atomic E-state index is -3.56. The van der Waals surface area contributed by atoms with E-state index in [0.717, 1.165) is 10.6 Å². The zero-order chi connectivity index (χ0) is 17.6. The molecule has 0 saturated carbocycles. The molecule has 0 aromatic heterocycles. The molecule has 0 saturated heterocycles. The summed E-state index contributed by atoms with van der Waals surface area (Å²) in [6.45, 7) is 8.03. The van der Waals surface area contributed by atoms with E-state index in [4.69, 9.17) is 4.74 Å². The van der Waals surface area contributed by atoms with E-state index >= 15 is 0 Å². The predicted octanol–water partition coefficient (Wildman–Crippen LogP) is 2.01. The van der Waals surface area contributed by atoms with E-state index in [0.29, 0.717) is 18.0 Å². The zero-order valence-corrected chi connectivity index (χ0v) is 15.2. The maximum atomic E-state index is 12.1. The lowest BCUT2D eigenvalue weighted by atomic mass is 10.1. The van der Waals surface area contributed by atoms with Crippen molar-refractivity contribution in [2.24, 2.45) is 5.92 Å². The van der Waals surface area contributed by atoms with Gasteiger partial charge < -0.3 is 10.1 Å². The third-order valence-electron chi connectivity index (χ3n) is 3.51. The van der Waals surface area contributed by atoms with E-state index < -0.39 is 10.0 Å². The molecule has 0 aliphatic heterocycles. The highest BCUT2D eigenvalue weighted by atomic mass is 32.2. The number of carbonyl (C=O) groups excluding carboxylic acids is 1. The Labute approximate surface area is 138 Å². The van der Waals surface area contributed by atoms with Gasteiger partial charge in [-0.1, -0.05) is 13.8 Å². The van der Waals surface area contributed by atoms with Gasteiger partial charge in [-0.15, -0.1) is 0 Å². The lowest BCUT2D eigenvalue weighted by molar-refractivity contribution is -0.120. The molecule has 7 heteroatoms. The van der Waals surface area contributed by atoms with Crippen LogP contribution in [0.15, 0.2) is 24.3 Å². The molecule has 0 radical (unpaired) electrons. The Balaban J connectivity index is 2.91.